The summed E-state index contributed by atoms with van der Waals surface area (Å²) in [6.45, 7) is 3.27. The summed E-state index contributed by atoms with van der Waals surface area (Å²) in [6, 6.07) is 6.43. The van der Waals surface area contributed by atoms with Crippen LogP contribution in [0.3, 0.4) is 0 Å². The van der Waals surface area contributed by atoms with Crippen LogP contribution >= 0.6 is 0 Å². The molecule has 0 radical (unpaired) electrons. The van der Waals surface area contributed by atoms with Crippen LogP contribution in [0, 0.1) is 17.0 Å². The number of aliphatic hydroxyl groups excluding tert-OH is 2. The highest BCUT2D eigenvalue weighted by atomic mass is 16.6. The van der Waals surface area contributed by atoms with Crippen molar-refractivity contribution in [3.05, 3.63) is 62.2 Å². The molecule has 29 heavy (non-hydrogen) atoms. The van der Waals surface area contributed by atoms with Gasteiger partial charge in [-0.15, -0.1) is 0 Å². The minimum atomic E-state index is -0.865. The number of hydrogen-bond donors (Lipinski definition) is 2. The largest absolute Gasteiger partial charge is 0.477 e. The maximum absolute atomic E-state index is 12.4. The Morgan fingerprint density at radius 1 is 1.45 bits per heavy atom. The Morgan fingerprint density at radius 3 is 2.83 bits per heavy atom. The number of nitro benzene ring substituents is 1. The van der Waals surface area contributed by atoms with Crippen molar-refractivity contribution < 1.29 is 24.6 Å². The molecule has 0 bridgehead atoms. The highest BCUT2D eigenvalue weighted by molar-refractivity contribution is 5.42. The second-order valence-electron chi connectivity index (χ2n) is 7.06. The summed E-state index contributed by atoms with van der Waals surface area (Å²) in [5, 5.41) is 30.2. The van der Waals surface area contributed by atoms with Crippen molar-refractivity contribution in [2.24, 2.45) is 0 Å². The van der Waals surface area contributed by atoms with Gasteiger partial charge in [-0.3, -0.25) is 14.7 Å². The maximum atomic E-state index is 12.4. The lowest BCUT2D eigenvalue weighted by Gasteiger charge is -2.17. The zero-order chi connectivity index (χ0) is 21.1. The number of para-hydroxylation sites is 1. The Bertz CT molecular complexity index is 946. The van der Waals surface area contributed by atoms with Crippen LogP contribution in [0.2, 0.25) is 0 Å². The average molecular weight is 405 g/mol. The third kappa shape index (κ3) is 4.44. The molecule has 2 heterocycles. The fraction of sp³-hybridized carbons (Fsp3) is 0.474. The quantitative estimate of drug-likeness (QED) is 0.519. The number of nitrogens with zero attached hydrogens (tertiary/aromatic N) is 3. The first kappa shape index (κ1) is 20.9. The highest BCUT2D eigenvalue weighted by Crippen LogP contribution is 2.29. The number of rotatable bonds is 7. The van der Waals surface area contributed by atoms with Crippen LogP contribution < -0.4 is 10.4 Å². The van der Waals surface area contributed by atoms with E-state index in [1.807, 2.05) is 0 Å². The molecule has 10 heteroatoms. The van der Waals surface area contributed by atoms with E-state index >= 15 is 0 Å². The smallest absolute Gasteiger partial charge is 0.352 e. The summed E-state index contributed by atoms with van der Waals surface area (Å²) < 4.78 is 12.4. The monoisotopic (exact) mass is 405 g/mol. The van der Waals surface area contributed by atoms with Crippen LogP contribution in [0.4, 0.5) is 5.69 Å². The molecule has 2 aromatic rings. The zero-order valence-electron chi connectivity index (χ0n) is 16.1. The summed E-state index contributed by atoms with van der Waals surface area (Å²) in [5.41, 5.74) is 0.510. The van der Waals surface area contributed by atoms with E-state index in [-0.39, 0.29) is 37.1 Å². The van der Waals surface area contributed by atoms with Crippen molar-refractivity contribution in [2.75, 3.05) is 13.2 Å². The molecule has 10 nitrogen and oxygen atoms in total. The van der Waals surface area contributed by atoms with E-state index in [9.17, 15) is 25.1 Å². The third-order valence-electron chi connectivity index (χ3n) is 4.92. The molecular formula is C19H23N3O7. The molecule has 2 N–H and O–H groups in total. The number of aliphatic hydroxyl groups is 2. The van der Waals surface area contributed by atoms with E-state index < -0.39 is 29.0 Å². The predicted molar refractivity (Wildman–Crippen MR) is 102 cm³/mol. The molecule has 1 aliphatic heterocycles. The van der Waals surface area contributed by atoms with Gasteiger partial charge in [0.25, 0.3) is 5.69 Å². The number of nitro groups is 1. The molecule has 156 valence electrons. The van der Waals surface area contributed by atoms with E-state index in [1.165, 1.54) is 16.8 Å². The average Bonchev–Trinajstić information content (AvgIpc) is 3.08. The van der Waals surface area contributed by atoms with Crippen molar-refractivity contribution in [3.8, 4) is 5.88 Å². The topological polar surface area (TPSA) is 137 Å². The number of ether oxygens (including phenoxy) is 2. The fourth-order valence-corrected chi connectivity index (χ4v) is 3.32. The van der Waals surface area contributed by atoms with E-state index in [0.717, 1.165) is 0 Å². The van der Waals surface area contributed by atoms with Gasteiger partial charge in [-0.2, -0.15) is 4.98 Å². The van der Waals surface area contributed by atoms with Gasteiger partial charge in [0.1, 0.15) is 12.3 Å². The minimum Gasteiger partial charge on any atom is -0.477 e. The number of aryl methyl sites for hydroxylation is 1. The Balaban J connectivity index is 1.74. The minimum absolute atomic E-state index is 0.0130. The van der Waals surface area contributed by atoms with Gasteiger partial charge in [-0.1, -0.05) is 25.1 Å². The van der Waals surface area contributed by atoms with Crippen LogP contribution in [0.25, 0.3) is 0 Å². The van der Waals surface area contributed by atoms with Crippen LogP contribution in [-0.4, -0.2) is 50.1 Å². The first-order chi connectivity index (χ1) is 13.8. The van der Waals surface area contributed by atoms with Gasteiger partial charge < -0.3 is 19.7 Å². The fourth-order valence-electron chi connectivity index (χ4n) is 3.32. The molecule has 1 aromatic carbocycles. The van der Waals surface area contributed by atoms with E-state index in [4.69, 9.17) is 9.47 Å². The molecule has 4 atom stereocenters. The third-order valence-corrected chi connectivity index (χ3v) is 4.92. The Hall–Kier alpha value is -2.82. The van der Waals surface area contributed by atoms with Crippen LogP contribution in [0.15, 0.2) is 35.3 Å². The van der Waals surface area contributed by atoms with Crippen molar-refractivity contribution in [1.82, 2.24) is 9.55 Å². The Morgan fingerprint density at radius 2 is 2.17 bits per heavy atom. The van der Waals surface area contributed by atoms with Gasteiger partial charge in [-0.25, -0.2) is 4.79 Å². The van der Waals surface area contributed by atoms with E-state index in [1.54, 1.807) is 32.0 Å². The SMILES string of the molecule is Cc1cn([C@H]2CC(O)[C@@H](CO)O2)c(=O)nc1OCC(C)c1ccccc1[N+](=O)[O-]. The summed E-state index contributed by atoms with van der Waals surface area (Å²) >= 11 is 0. The van der Waals surface area contributed by atoms with E-state index in [2.05, 4.69) is 4.98 Å². The molecule has 1 saturated heterocycles. The summed E-state index contributed by atoms with van der Waals surface area (Å²) in [4.78, 5) is 27.1. The summed E-state index contributed by atoms with van der Waals surface area (Å²) in [5.74, 6) is -0.159. The normalized spacial score (nSPS) is 22.4. The van der Waals surface area contributed by atoms with Crippen LogP contribution in [0.5, 0.6) is 5.88 Å². The molecule has 1 aromatic heterocycles. The maximum Gasteiger partial charge on any atom is 0.352 e. The Kier molecular flexibility index (Phi) is 6.26. The van der Waals surface area contributed by atoms with Crippen LogP contribution in [0.1, 0.15) is 36.6 Å². The van der Waals surface area contributed by atoms with Crippen molar-refractivity contribution in [3.63, 3.8) is 0 Å². The molecular weight excluding hydrogens is 382 g/mol. The van der Waals surface area contributed by atoms with Gasteiger partial charge in [-0.05, 0) is 6.92 Å². The number of aromatic nitrogens is 2. The van der Waals surface area contributed by atoms with Gasteiger partial charge >= 0.3 is 5.69 Å². The van der Waals surface area contributed by atoms with Crippen molar-refractivity contribution in [1.29, 1.82) is 0 Å². The van der Waals surface area contributed by atoms with Gasteiger partial charge in [0.2, 0.25) is 5.88 Å². The first-order valence-corrected chi connectivity index (χ1v) is 9.22. The molecule has 0 amide bonds. The van der Waals surface area contributed by atoms with Gasteiger partial charge in [0.15, 0.2) is 0 Å². The van der Waals surface area contributed by atoms with Gasteiger partial charge in [0, 0.05) is 35.7 Å². The summed E-state index contributed by atoms with van der Waals surface area (Å²) in [7, 11) is 0. The lowest BCUT2D eigenvalue weighted by atomic mass is 10.0. The molecule has 0 saturated carbocycles. The molecule has 0 spiro atoms. The Labute approximate surface area is 166 Å². The van der Waals surface area contributed by atoms with Gasteiger partial charge in [0.05, 0.1) is 24.2 Å². The molecule has 1 fully saturated rings. The lowest BCUT2D eigenvalue weighted by molar-refractivity contribution is -0.385. The van der Waals surface area contributed by atoms with Crippen LogP contribution in [-0.2, 0) is 4.74 Å². The number of benzene rings is 1. The molecule has 0 aliphatic carbocycles. The standard InChI is InChI=1S/C19H23N3O7/c1-11-8-21(17-7-15(24)16(9-23)29-17)19(25)20-18(11)28-10-12(2)13-5-3-4-6-14(13)22(26)27/h3-6,8,12,15-17,23-24H,7,9-10H2,1-2H3/t12?,15?,16-,17-/m1/s1. The summed E-state index contributed by atoms with van der Waals surface area (Å²) in [6.07, 6.45) is -0.638. The predicted octanol–water partition coefficient (Wildman–Crippen LogP) is 1.28. The zero-order valence-corrected chi connectivity index (χ0v) is 16.1. The molecule has 3 rings (SSSR count). The highest BCUT2D eigenvalue weighted by Gasteiger charge is 2.35. The second kappa shape index (κ2) is 8.68. The van der Waals surface area contributed by atoms with Crippen molar-refractivity contribution >= 4 is 5.69 Å². The molecule has 2 unspecified atom stereocenters. The number of hydrogen-bond acceptors (Lipinski definition) is 8. The molecule has 1 aliphatic rings. The lowest BCUT2D eigenvalue weighted by Crippen LogP contribution is -2.28. The van der Waals surface area contributed by atoms with Crippen molar-refractivity contribution in [2.45, 2.75) is 44.6 Å². The second-order valence-corrected chi connectivity index (χ2v) is 7.06. The first-order valence-electron chi connectivity index (χ1n) is 9.22. The van der Waals surface area contributed by atoms with E-state index in [0.29, 0.717) is 11.1 Å².